The number of imide groups is 2. The molecule has 3 aliphatic heterocycles. The van der Waals surface area contributed by atoms with Crippen LogP contribution in [0.1, 0.15) is 29.9 Å². The Morgan fingerprint density at radius 1 is 0.857 bits per heavy atom. The number of morpholine rings is 1. The number of nitrogens with zero attached hydrogens (tertiary/aromatic N) is 3. The summed E-state index contributed by atoms with van der Waals surface area (Å²) >= 11 is 6.38. The van der Waals surface area contributed by atoms with Gasteiger partial charge in [0.2, 0.25) is 11.8 Å². The van der Waals surface area contributed by atoms with Crippen molar-refractivity contribution < 1.29 is 38.1 Å². The predicted molar refractivity (Wildman–Crippen MR) is 206 cm³/mol. The van der Waals surface area contributed by atoms with Crippen LogP contribution >= 0.6 is 11.6 Å². The van der Waals surface area contributed by atoms with E-state index < -0.39 is 52.6 Å². The lowest BCUT2D eigenvalue weighted by Gasteiger charge is -2.50. The monoisotopic (exact) mass is 776 g/mol. The van der Waals surface area contributed by atoms with E-state index in [1.54, 1.807) is 48.5 Å². The highest BCUT2D eigenvalue weighted by molar-refractivity contribution is 6.30. The number of carbonyl (C=O) groups excluding carboxylic acids is 4. The van der Waals surface area contributed by atoms with Crippen LogP contribution in [0.4, 0.5) is 21.5 Å². The molecule has 0 spiro atoms. The van der Waals surface area contributed by atoms with Crippen LogP contribution in [0.3, 0.4) is 0 Å². The fourth-order valence-electron chi connectivity index (χ4n) is 9.81. The van der Waals surface area contributed by atoms with Gasteiger partial charge in [0.1, 0.15) is 5.82 Å². The molecule has 0 aromatic heterocycles. The van der Waals surface area contributed by atoms with E-state index in [0.29, 0.717) is 40.7 Å². The third-order valence-corrected chi connectivity index (χ3v) is 12.5. The molecule has 4 aromatic carbocycles. The quantitative estimate of drug-likeness (QED) is 0.166. The molecule has 3 saturated heterocycles. The summed E-state index contributed by atoms with van der Waals surface area (Å²) in [5.41, 5.74) is 4.90. The van der Waals surface area contributed by atoms with Gasteiger partial charge in [-0.3, -0.25) is 29.5 Å². The predicted octanol–water partition coefficient (Wildman–Crippen LogP) is 6.22. The minimum atomic E-state index is -1.58. The second-order valence-corrected chi connectivity index (χ2v) is 15.4. The van der Waals surface area contributed by atoms with Crippen LogP contribution < -0.4 is 20.0 Å². The molecule has 6 atom stereocenters. The number of ether oxygens (including phenoxy) is 2. The van der Waals surface area contributed by atoms with Gasteiger partial charge in [-0.15, -0.1) is 0 Å². The highest BCUT2D eigenvalue weighted by Crippen LogP contribution is 2.64. The van der Waals surface area contributed by atoms with Crippen LogP contribution in [0.15, 0.2) is 103 Å². The maximum absolute atomic E-state index is 15.3. The molecule has 0 radical (unpaired) electrons. The van der Waals surface area contributed by atoms with Crippen molar-refractivity contribution in [3.63, 3.8) is 0 Å². The number of halogens is 2. The van der Waals surface area contributed by atoms with Gasteiger partial charge in [0, 0.05) is 29.7 Å². The van der Waals surface area contributed by atoms with Gasteiger partial charge in [-0.05, 0) is 103 Å². The Morgan fingerprint density at radius 3 is 2.23 bits per heavy atom. The fraction of sp³-hybridized carbons (Fsp3) is 0.302. The average Bonchev–Trinajstić information content (AvgIpc) is 3.59. The number of phenols is 1. The number of hydrogen-bond acceptors (Lipinski definition) is 9. The number of aromatic hydroxyl groups is 1. The zero-order valence-corrected chi connectivity index (χ0v) is 31.1. The van der Waals surface area contributed by atoms with E-state index in [-0.39, 0.29) is 36.2 Å². The molecule has 11 nitrogen and oxygen atoms in total. The van der Waals surface area contributed by atoms with Crippen molar-refractivity contribution in [2.75, 3.05) is 48.6 Å². The summed E-state index contributed by atoms with van der Waals surface area (Å²) < 4.78 is 24.8. The molecule has 2 aliphatic carbocycles. The largest absolute Gasteiger partial charge is 0.504 e. The Balaban J connectivity index is 1.17. The third-order valence-electron chi connectivity index (χ3n) is 12.3. The molecule has 4 aromatic rings. The number of methoxy groups -OCH3 is 1. The summed E-state index contributed by atoms with van der Waals surface area (Å²) in [6.07, 6.45) is 2.28. The highest BCUT2D eigenvalue weighted by atomic mass is 35.5. The number of hydrogen-bond donors (Lipinski definition) is 2. The summed E-state index contributed by atoms with van der Waals surface area (Å²) in [6, 6.07) is 24.4. The maximum atomic E-state index is 15.3. The SMILES string of the molecule is COc1ccc([C@H]2C3=CC[C@@H]4C(=O)N(c5ccc(N6CCOCC6)cc5)C(=O)[C@@H]4[C@@H]3C[C@H]3C(=O)N(Nc4ccc(F)cc4)C(=O)[C@@]23c2ccc(Cl)cc2)cc1O. The molecular weight excluding hydrogens is 739 g/mol. The highest BCUT2D eigenvalue weighted by Gasteiger charge is 2.70. The molecule has 5 aliphatic rings. The Bertz CT molecular complexity index is 2280. The zero-order valence-electron chi connectivity index (χ0n) is 30.4. The molecular formula is C43H38ClFN4O7. The van der Waals surface area contributed by atoms with Crippen molar-refractivity contribution >= 4 is 52.3 Å². The molecule has 0 unspecified atom stereocenters. The number of benzene rings is 4. The molecule has 286 valence electrons. The van der Waals surface area contributed by atoms with Gasteiger partial charge in [-0.1, -0.05) is 41.4 Å². The van der Waals surface area contributed by atoms with Gasteiger partial charge in [0.25, 0.3) is 11.8 Å². The van der Waals surface area contributed by atoms with Gasteiger partial charge < -0.3 is 19.5 Å². The molecule has 0 bridgehead atoms. The lowest BCUT2D eigenvalue weighted by atomic mass is 9.49. The smallest absolute Gasteiger partial charge is 0.260 e. The summed E-state index contributed by atoms with van der Waals surface area (Å²) in [6.45, 7) is 2.73. The number of rotatable bonds is 7. The van der Waals surface area contributed by atoms with Gasteiger partial charge in [0.15, 0.2) is 11.5 Å². The maximum Gasteiger partial charge on any atom is 0.260 e. The van der Waals surface area contributed by atoms with Crippen LogP contribution in [0.5, 0.6) is 11.5 Å². The number of carbonyl (C=O) groups is 4. The van der Waals surface area contributed by atoms with Gasteiger partial charge in [-0.25, -0.2) is 4.39 Å². The van der Waals surface area contributed by atoms with Crippen LogP contribution in [0.25, 0.3) is 0 Å². The third kappa shape index (κ3) is 5.48. The summed E-state index contributed by atoms with van der Waals surface area (Å²) in [4.78, 5) is 62.6. The van der Waals surface area contributed by atoms with Gasteiger partial charge in [-0.2, -0.15) is 5.01 Å². The van der Waals surface area contributed by atoms with Crippen LogP contribution in [0, 0.1) is 29.5 Å². The van der Waals surface area contributed by atoms with E-state index in [4.69, 9.17) is 21.1 Å². The molecule has 2 N–H and O–H groups in total. The summed E-state index contributed by atoms with van der Waals surface area (Å²) in [5, 5.41) is 12.6. The first-order chi connectivity index (χ1) is 27.1. The number of hydrazine groups is 1. The van der Waals surface area contributed by atoms with Crippen molar-refractivity contribution in [1.82, 2.24) is 5.01 Å². The van der Waals surface area contributed by atoms with E-state index in [9.17, 15) is 23.9 Å². The van der Waals surface area contributed by atoms with Gasteiger partial charge in [0.05, 0.1) is 54.9 Å². The number of anilines is 3. The molecule has 56 heavy (non-hydrogen) atoms. The van der Waals surface area contributed by atoms with Crippen molar-refractivity contribution in [3.8, 4) is 11.5 Å². The van der Waals surface area contributed by atoms with E-state index in [0.717, 1.165) is 29.4 Å². The van der Waals surface area contributed by atoms with Gasteiger partial charge >= 0.3 is 0 Å². The average molecular weight is 777 g/mol. The first kappa shape index (κ1) is 35.9. The van der Waals surface area contributed by atoms with Crippen molar-refractivity contribution in [2.24, 2.45) is 23.7 Å². The van der Waals surface area contributed by atoms with E-state index >= 15 is 4.79 Å². The number of allylic oxidation sites excluding steroid dienone is 2. The Morgan fingerprint density at radius 2 is 1.55 bits per heavy atom. The van der Waals surface area contributed by atoms with Crippen molar-refractivity contribution in [2.45, 2.75) is 24.2 Å². The molecule has 4 fully saturated rings. The fourth-order valence-corrected chi connectivity index (χ4v) is 9.93. The molecule has 9 rings (SSSR count). The van der Waals surface area contributed by atoms with Crippen molar-refractivity contribution in [1.29, 1.82) is 0 Å². The van der Waals surface area contributed by atoms with E-state index in [2.05, 4.69) is 10.3 Å². The second-order valence-electron chi connectivity index (χ2n) is 14.9. The number of phenolic OH excluding ortho intramolecular Hbond substituents is 1. The lowest BCUT2D eigenvalue weighted by Crippen LogP contribution is -2.53. The number of amides is 4. The molecule has 3 heterocycles. The molecule has 4 amide bonds. The number of nitrogens with one attached hydrogen (secondary N) is 1. The van der Waals surface area contributed by atoms with Crippen LogP contribution in [0.2, 0.25) is 5.02 Å². The normalized spacial score (nSPS) is 27.2. The Labute approximate surface area is 327 Å². The standard InChI is InChI=1S/C43H38ClFN4O7/c1-55-36-17-2-24(22-35(36)50)38-31-15-16-32-37(41(53)48(39(32)51)30-13-11-29(12-14-30)47-18-20-56-21-19-47)33(31)23-34-40(52)49(46-28-9-7-27(45)8-10-28)42(54)43(34,38)25-3-5-26(44)6-4-25/h2-15,17,22,32-34,37-38,46,50H,16,18-21,23H2,1H3/t32-,33+,34-,37-,38-,43+/m0/s1. The van der Waals surface area contributed by atoms with E-state index in [1.165, 1.54) is 42.3 Å². The Hall–Kier alpha value is -5.72. The Kier molecular flexibility index (Phi) is 8.85. The van der Waals surface area contributed by atoms with Crippen LogP contribution in [-0.4, -0.2) is 67.2 Å². The summed E-state index contributed by atoms with van der Waals surface area (Å²) in [5.74, 6) is -6.17. The zero-order chi connectivity index (χ0) is 38.9. The van der Waals surface area contributed by atoms with E-state index in [1.807, 2.05) is 18.2 Å². The lowest BCUT2D eigenvalue weighted by molar-refractivity contribution is -0.138. The van der Waals surface area contributed by atoms with Crippen LogP contribution in [-0.2, 0) is 29.3 Å². The minimum absolute atomic E-state index is 0.0866. The number of fused-ring (bicyclic) bond motifs is 4. The first-order valence-corrected chi connectivity index (χ1v) is 19.0. The summed E-state index contributed by atoms with van der Waals surface area (Å²) in [7, 11) is 1.43. The molecule has 1 saturated carbocycles. The first-order valence-electron chi connectivity index (χ1n) is 18.7. The topological polar surface area (TPSA) is 129 Å². The van der Waals surface area contributed by atoms with Crippen molar-refractivity contribution in [3.05, 3.63) is 125 Å². The molecule has 13 heteroatoms. The minimum Gasteiger partial charge on any atom is -0.504 e. The second kappa shape index (κ2) is 13.8.